The van der Waals surface area contributed by atoms with Crippen LogP contribution in [0.25, 0.3) is 0 Å². The molecule has 2 fully saturated rings. The Morgan fingerprint density at radius 2 is 1.96 bits per heavy atom. The van der Waals surface area contributed by atoms with Crippen LogP contribution in [0.3, 0.4) is 0 Å². The molecule has 1 N–H and O–H groups in total. The largest absolute Gasteiger partial charge is 0.469 e. The summed E-state index contributed by atoms with van der Waals surface area (Å²) in [5, 5.41) is 4.21. The van der Waals surface area contributed by atoms with Gasteiger partial charge in [-0.25, -0.2) is 0 Å². The zero-order valence-corrected chi connectivity index (χ0v) is 17.1. The number of piperidine rings is 1. The maximum Gasteiger partial charge on any atom is 0.308 e. The SMILES string of the molecule is CCNC(=NCC1(c2ccc(Cl)cc2)CCC1)N1CCC(C(=O)OC)CC1. The normalized spacial score (nSPS) is 20.1. The maximum atomic E-state index is 11.8. The van der Waals surface area contributed by atoms with E-state index in [2.05, 4.69) is 29.3 Å². The molecule has 1 aliphatic heterocycles. The van der Waals surface area contributed by atoms with E-state index in [1.165, 1.54) is 31.9 Å². The third-order valence-corrected chi connectivity index (χ3v) is 6.21. The molecule has 1 aliphatic carbocycles. The topological polar surface area (TPSA) is 53.9 Å². The molecular formula is C21H30ClN3O2. The molecule has 1 aromatic carbocycles. The second-order valence-corrected chi connectivity index (χ2v) is 8.03. The molecule has 148 valence electrons. The fourth-order valence-corrected chi connectivity index (χ4v) is 4.22. The molecule has 2 aliphatic rings. The second kappa shape index (κ2) is 8.96. The monoisotopic (exact) mass is 391 g/mol. The van der Waals surface area contributed by atoms with Crippen LogP contribution in [-0.2, 0) is 14.9 Å². The highest BCUT2D eigenvalue weighted by Crippen LogP contribution is 2.44. The van der Waals surface area contributed by atoms with Gasteiger partial charge in [-0.2, -0.15) is 0 Å². The molecule has 1 saturated carbocycles. The Morgan fingerprint density at radius 3 is 2.48 bits per heavy atom. The van der Waals surface area contributed by atoms with E-state index in [4.69, 9.17) is 21.3 Å². The Hall–Kier alpha value is -1.75. The van der Waals surface area contributed by atoms with E-state index in [1.807, 2.05) is 12.1 Å². The van der Waals surface area contributed by atoms with Crippen LogP contribution in [0.4, 0.5) is 0 Å². The molecule has 0 amide bonds. The summed E-state index contributed by atoms with van der Waals surface area (Å²) in [5.74, 6) is 0.884. The minimum absolute atomic E-state index is 0.0150. The number of nitrogens with one attached hydrogen (secondary N) is 1. The quantitative estimate of drug-likeness (QED) is 0.473. The summed E-state index contributed by atoms with van der Waals surface area (Å²) in [7, 11) is 1.47. The van der Waals surface area contributed by atoms with Crippen molar-refractivity contribution in [1.29, 1.82) is 0 Å². The predicted molar refractivity (Wildman–Crippen MR) is 109 cm³/mol. The molecule has 0 aromatic heterocycles. The molecule has 0 atom stereocenters. The number of carbonyl (C=O) groups excluding carboxylic acids is 1. The van der Waals surface area contributed by atoms with Crippen molar-refractivity contribution in [2.45, 2.75) is 44.4 Å². The first-order valence-electron chi connectivity index (χ1n) is 9.95. The van der Waals surface area contributed by atoms with Crippen molar-refractivity contribution in [3.05, 3.63) is 34.9 Å². The highest BCUT2D eigenvalue weighted by molar-refractivity contribution is 6.30. The number of methoxy groups -OCH3 is 1. The van der Waals surface area contributed by atoms with Crippen molar-refractivity contribution in [2.24, 2.45) is 10.9 Å². The zero-order valence-electron chi connectivity index (χ0n) is 16.3. The van der Waals surface area contributed by atoms with Crippen LogP contribution in [-0.4, -0.2) is 50.1 Å². The number of hydrogen-bond acceptors (Lipinski definition) is 3. The Morgan fingerprint density at radius 1 is 1.30 bits per heavy atom. The number of hydrogen-bond donors (Lipinski definition) is 1. The third kappa shape index (κ3) is 4.57. The average molecular weight is 392 g/mol. The van der Waals surface area contributed by atoms with Crippen LogP contribution in [0.15, 0.2) is 29.3 Å². The van der Waals surface area contributed by atoms with Crippen molar-refractivity contribution in [3.8, 4) is 0 Å². The molecule has 0 radical (unpaired) electrons. The van der Waals surface area contributed by atoms with E-state index < -0.39 is 0 Å². The lowest BCUT2D eigenvalue weighted by Gasteiger charge is -2.42. The molecule has 1 heterocycles. The van der Waals surface area contributed by atoms with Crippen LogP contribution in [0.2, 0.25) is 5.02 Å². The van der Waals surface area contributed by atoms with E-state index in [1.54, 1.807) is 0 Å². The van der Waals surface area contributed by atoms with Crippen LogP contribution in [0.1, 0.15) is 44.6 Å². The Balaban J connectivity index is 1.68. The Bertz CT molecular complexity index is 663. The number of ether oxygens (including phenoxy) is 1. The first kappa shape index (κ1) is 20.0. The molecule has 0 unspecified atom stereocenters. The number of aliphatic imine (C=N–C) groups is 1. The molecule has 6 heteroatoms. The van der Waals surface area contributed by atoms with E-state index >= 15 is 0 Å². The minimum Gasteiger partial charge on any atom is -0.469 e. The van der Waals surface area contributed by atoms with Crippen LogP contribution < -0.4 is 5.32 Å². The summed E-state index contributed by atoms with van der Waals surface area (Å²) >= 11 is 6.06. The number of guanidine groups is 1. The Kier molecular flexibility index (Phi) is 6.64. The number of nitrogens with zero attached hydrogens (tertiary/aromatic N) is 2. The van der Waals surface area contributed by atoms with E-state index in [0.29, 0.717) is 0 Å². The van der Waals surface area contributed by atoms with Gasteiger partial charge in [-0.15, -0.1) is 0 Å². The first-order chi connectivity index (χ1) is 13.1. The van der Waals surface area contributed by atoms with Crippen molar-refractivity contribution in [1.82, 2.24) is 10.2 Å². The highest BCUT2D eigenvalue weighted by atomic mass is 35.5. The summed E-state index contributed by atoms with van der Waals surface area (Å²) in [5.41, 5.74) is 1.47. The maximum absolute atomic E-state index is 11.8. The summed E-state index contributed by atoms with van der Waals surface area (Å²) in [6, 6.07) is 8.24. The van der Waals surface area contributed by atoms with Gasteiger partial charge in [0.1, 0.15) is 0 Å². The lowest BCUT2D eigenvalue weighted by molar-refractivity contribution is -0.146. The van der Waals surface area contributed by atoms with Crippen molar-refractivity contribution < 1.29 is 9.53 Å². The summed E-state index contributed by atoms with van der Waals surface area (Å²) < 4.78 is 4.89. The minimum atomic E-state index is -0.0900. The third-order valence-electron chi connectivity index (χ3n) is 5.96. The smallest absolute Gasteiger partial charge is 0.308 e. The van der Waals surface area contributed by atoms with Crippen molar-refractivity contribution in [3.63, 3.8) is 0 Å². The molecule has 27 heavy (non-hydrogen) atoms. The summed E-state index contributed by atoms with van der Waals surface area (Å²) in [6.45, 7) is 5.38. The van der Waals surface area contributed by atoms with Crippen molar-refractivity contribution >= 4 is 23.5 Å². The lowest BCUT2D eigenvalue weighted by Crippen LogP contribution is -2.47. The number of carbonyl (C=O) groups is 1. The first-order valence-corrected chi connectivity index (χ1v) is 10.3. The van der Waals surface area contributed by atoms with E-state index in [-0.39, 0.29) is 17.3 Å². The summed E-state index contributed by atoms with van der Waals surface area (Å²) in [4.78, 5) is 19.0. The van der Waals surface area contributed by atoms with Gasteiger partial charge in [0.05, 0.1) is 19.6 Å². The number of benzene rings is 1. The molecule has 0 spiro atoms. The van der Waals surface area contributed by atoms with Gasteiger partial charge in [0.25, 0.3) is 0 Å². The predicted octanol–water partition coefficient (Wildman–Crippen LogP) is 3.61. The fourth-order valence-electron chi connectivity index (χ4n) is 4.09. The van der Waals surface area contributed by atoms with E-state index in [9.17, 15) is 4.79 Å². The van der Waals surface area contributed by atoms with Gasteiger partial charge in [0.15, 0.2) is 5.96 Å². The lowest BCUT2D eigenvalue weighted by atomic mass is 9.64. The molecular weight excluding hydrogens is 362 g/mol. The van der Waals surface area contributed by atoms with E-state index in [0.717, 1.165) is 50.0 Å². The highest BCUT2D eigenvalue weighted by Gasteiger charge is 2.38. The second-order valence-electron chi connectivity index (χ2n) is 7.60. The van der Waals surface area contributed by atoms with Gasteiger partial charge in [0, 0.05) is 30.1 Å². The number of rotatable bonds is 5. The molecule has 0 bridgehead atoms. The van der Waals surface area contributed by atoms with Crippen molar-refractivity contribution in [2.75, 3.05) is 33.3 Å². The zero-order chi connectivity index (χ0) is 19.3. The molecule has 1 aromatic rings. The van der Waals surface area contributed by atoms with Crippen LogP contribution in [0.5, 0.6) is 0 Å². The Labute approximate surface area is 167 Å². The van der Waals surface area contributed by atoms with Gasteiger partial charge in [-0.05, 0) is 50.3 Å². The standard InChI is InChI=1S/C21H30ClN3O2/c1-3-23-20(25-13-9-16(10-14-25)19(26)27-2)24-15-21(11-4-12-21)17-5-7-18(22)8-6-17/h5-8,16H,3-4,9-15H2,1-2H3,(H,23,24). The molecule has 3 rings (SSSR count). The number of halogens is 1. The van der Waals surface area contributed by atoms with Gasteiger partial charge in [-0.3, -0.25) is 9.79 Å². The average Bonchev–Trinajstić information content (AvgIpc) is 2.67. The van der Waals surface area contributed by atoms with Crippen LogP contribution >= 0.6 is 11.6 Å². The number of likely N-dealkylation sites (tertiary alicyclic amines) is 1. The van der Waals surface area contributed by atoms with Crippen LogP contribution in [0, 0.1) is 5.92 Å². The van der Waals surface area contributed by atoms with Gasteiger partial charge in [0.2, 0.25) is 0 Å². The van der Waals surface area contributed by atoms with Gasteiger partial charge in [-0.1, -0.05) is 30.2 Å². The van der Waals surface area contributed by atoms with Gasteiger partial charge >= 0.3 is 5.97 Å². The molecule has 5 nitrogen and oxygen atoms in total. The number of esters is 1. The fraction of sp³-hybridized carbons (Fsp3) is 0.619. The summed E-state index contributed by atoms with van der Waals surface area (Å²) in [6.07, 6.45) is 5.22. The van der Waals surface area contributed by atoms with Gasteiger partial charge < -0.3 is 15.0 Å². The molecule has 1 saturated heterocycles.